The normalized spacial score (nSPS) is 14.8. The summed E-state index contributed by atoms with van der Waals surface area (Å²) in [7, 11) is 1.57. The number of carbonyl (C=O) groups is 1. The molecule has 11 heteroatoms. The third-order valence-corrected chi connectivity index (χ3v) is 8.41. The Labute approximate surface area is 254 Å². The molecule has 0 bridgehead atoms. The van der Waals surface area contributed by atoms with Gasteiger partial charge in [0.1, 0.15) is 11.5 Å². The third kappa shape index (κ3) is 5.81. The molecule has 0 radical (unpaired) electrons. The molecule has 5 aromatic rings. The standard InChI is InChI=1S/C32H26N4O5S2/c1-4-40-30(38)26-27(20-9-6-5-7-10-20)35-32-36(28(26)21-11-8-12-22(17-21)39-3)29(37)24(42-32)18-23-13-14-25(41-23)43-31-33-16-15-19(2)34-31/h5-18,28H,4H2,1-3H3/b24-18+/t28-/m1/s1. The number of hydrogen-bond donors (Lipinski definition) is 0. The number of esters is 1. The van der Waals surface area contributed by atoms with Crippen LogP contribution in [-0.2, 0) is 9.53 Å². The minimum atomic E-state index is -0.802. The fraction of sp³-hybridized carbons (Fsp3) is 0.156. The molecule has 3 aromatic heterocycles. The minimum Gasteiger partial charge on any atom is -0.497 e. The van der Waals surface area contributed by atoms with Crippen LogP contribution in [0.2, 0.25) is 0 Å². The fourth-order valence-corrected chi connectivity index (χ4v) is 6.47. The molecule has 0 N–H and O–H groups in total. The van der Waals surface area contributed by atoms with E-state index < -0.39 is 12.0 Å². The molecule has 1 atom stereocenters. The lowest BCUT2D eigenvalue weighted by molar-refractivity contribution is -0.138. The summed E-state index contributed by atoms with van der Waals surface area (Å²) in [6.45, 7) is 3.82. The van der Waals surface area contributed by atoms with Crippen molar-refractivity contribution < 1.29 is 18.7 Å². The molecule has 4 heterocycles. The highest BCUT2D eigenvalue weighted by Crippen LogP contribution is 2.36. The monoisotopic (exact) mass is 610 g/mol. The number of fused-ring (bicyclic) bond motifs is 1. The third-order valence-electron chi connectivity index (χ3n) is 6.62. The van der Waals surface area contributed by atoms with Crippen LogP contribution in [0.3, 0.4) is 0 Å². The zero-order chi connectivity index (χ0) is 29.9. The van der Waals surface area contributed by atoms with E-state index in [0.29, 0.717) is 42.4 Å². The van der Waals surface area contributed by atoms with Crippen LogP contribution in [0.4, 0.5) is 0 Å². The zero-order valence-electron chi connectivity index (χ0n) is 23.5. The van der Waals surface area contributed by atoms with Crippen LogP contribution in [0.15, 0.2) is 109 Å². The van der Waals surface area contributed by atoms with E-state index >= 15 is 0 Å². The summed E-state index contributed by atoms with van der Waals surface area (Å²) in [5.74, 6) is 0.545. The molecule has 216 valence electrons. The first-order valence-electron chi connectivity index (χ1n) is 13.4. The van der Waals surface area contributed by atoms with Gasteiger partial charge in [-0.25, -0.2) is 19.8 Å². The molecule has 0 spiro atoms. The predicted molar refractivity (Wildman–Crippen MR) is 164 cm³/mol. The van der Waals surface area contributed by atoms with E-state index in [1.54, 1.807) is 36.9 Å². The highest BCUT2D eigenvalue weighted by atomic mass is 32.2. The second kappa shape index (κ2) is 12.2. The van der Waals surface area contributed by atoms with E-state index in [4.69, 9.17) is 18.9 Å². The van der Waals surface area contributed by atoms with E-state index in [2.05, 4.69) is 9.97 Å². The van der Waals surface area contributed by atoms with Gasteiger partial charge in [0.2, 0.25) is 0 Å². The summed E-state index contributed by atoms with van der Waals surface area (Å²) < 4.78 is 19.0. The fourth-order valence-electron chi connectivity index (χ4n) is 4.73. The molecular weight excluding hydrogens is 585 g/mol. The van der Waals surface area contributed by atoms with Gasteiger partial charge in [0.25, 0.3) is 5.56 Å². The number of benzene rings is 2. The molecule has 1 aliphatic rings. The summed E-state index contributed by atoms with van der Waals surface area (Å²) in [6.07, 6.45) is 3.38. The summed E-state index contributed by atoms with van der Waals surface area (Å²) in [5.41, 5.74) is 2.70. The number of thiazole rings is 1. The Morgan fingerprint density at radius 2 is 1.95 bits per heavy atom. The van der Waals surface area contributed by atoms with Crippen molar-refractivity contribution in [3.63, 3.8) is 0 Å². The second-order valence-electron chi connectivity index (χ2n) is 9.45. The van der Waals surface area contributed by atoms with Gasteiger partial charge < -0.3 is 13.9 Å². The van der Waals surface area contributed by atoms with Crippen molar-refractivity contribution in [2.45, 2.75) is 30.1 Å². The molecular formula is C32H26N4O5S2. The van der Waals surface area contributed by atoms with Gasteiger partial charge in [0, 0.05) is 23.5 Å². The first-order valence-corrected chi connectivity index (χ1v) is 15.1. The Balaban J connectivity index is 1.52. The van der Waals surface area contributed by atoms with Gasteiger partial charge in [-0.1, -0.05) is 53.8 Å². The molecule has 2 aromatic carbocycles. The highest BCUT2D eigenvalue weighted by molar-refractivity contribution is 7.99. The van der Waals surface area contributed by atoms with Crippen molar-refractivity contribution in [3.05, 3.63) is 127 Å². The van der Waals surface area contributed by atoms with E-state index in [1.165, 1.54) is 23.1 Å². The van der Waals surface area contributed by atoms with Gasteiger partial charge in [0.15, 0.2) is 15.1 Å². The summed E-state index contributed by atoms with van der Waals surface area (Å²) in [4.78, 5) is 41.7. The number of aromatic nitrogens is 3. The maximum atomic E-state index is 14.1. The van der Waals surface area contributed by atoms with E-state index in [-0.39, 0.29) is 17.7 Å². The molecule has 1 aliphatic heterocycles. The number of nitrogens with zero attached hydrogens (tertiary/aromatic N) is 4. The van der Waals surface area contributed by atoms with Gasteiger partial charge in [-0.05, 0) is 61.5 Å². The maximum Gasteiger partial charge on any atom is 0.338 e. The van der Waals surface area contributed by atoms with Crippen LogP contribution in [0.1, 0.15) is 35.5 Å². The van der Waals surface area contributed by atoms with Crippen LogP contribution < -0.4 is 19.6 Å². The highest BCUT2D eigenvalue weighted by Gasteiger charge is 2.35. The number of carbonyl (C=O) groups excluding carboxylic acids is 1. The van der Waals surface area contributed by atoms with Crippen LogP contribution in [-0.4, -0.2) is 34.2 Å². The lowest BCUT2D eigenvalue weighted by Gasteiger charge is -2.26. The molecule has 0 unspecified atom stereocenters. The Hall–Kier alpha value is -4.74. The Morgan fingerprint density at radius 3 is 2.72 bits per heavy atom. The molecule has 0 saturated heterocycles. The average Bonchev–Trinajstić information content (AvgIpc) is 3.59. The van der Waals surface area contributed by atoms with Gasteiger partial charge in [0.05, 0.1) is 35.6 Å². The van der Waals surface area contributed by atoms with Crippen LogP contribution in [0, 0.1) is 6.92 Å². The van der Waals surface area contributed by atoms with Crippen molar-refractivity contribution in [1.29, 1.82) is 0 Å². The Bertz CT molecular complexity index is 2030. The van der Waals surface area contributed by atoms with Crippen molar-refractivity contribution in [1.82, 2.24) is 14.5 Å². The molecule has 0 aliphatic carbocycles. The molecule has 9 nitrogen and oxygen atoms in total. The second-order valence-corrected chi connectivity index (χ2v) is 11.4. The first kappa shape index (κ1) is 28.4. The van der Waals surface area contributed by atoms with Gasteiger partial charge in [-0.3, -0.25) is 9.36 Å². The number of hydrogen-bond acceptors (Lipinski definition) is 10. The smallest absolute Gasteiger partial charge is 0.338 e. The number of rotatable bonds is 8. The van der Waals surface area contributed by atoms with Crippen molar-refractivity contribution >= 4 is 40.8 Å². The first-order chi connectivity index (χ1) is 20.9. The van der Waals surface area contributed by atoms with Crippen molar-refractivity contribution in [2.24, 2.45) is 4.99 Å². The number of ether oxygens (including phenoxy) is 2. The van der Waals surface area contributed by atoms with Crippen molar-refractivity contribution in [3.8, 4) is 5.75 Å². The maximum absolute atomic E-state index is 14.1. The number of methoxy groups -OCH3 is 1. The van der Waals surface area contributed by atoms with Gasteiger partial charge >= 0.3 is 5.97 Å². The zero-order valence-corrected chi connectivity index (χ0v) is 25.1. The summed E-state index contributed by atoms with van der Waals surface area (Å²) in [6, 6.07) is 21.4. The molecule has 6 rings (SSSR count). The lowest BCUT2D eigenvalue weighted by atomic mass is 9.93. The Kier molecular flexibility index (Phi) is 8.08. The molecule has 0 fully saturated rings. The number of furan rings is 1. The van der Waals surface area contributed by atoms with E-state index in [1.807, 2.05) is 73.7 Å². The summed E-state index contributed by atoms with van der Waals surface area (Å²) >= 11 is 2.52. The molecule has 0 saturated carbocycles. The van der Waals surface area contributed by atoms with Gasteiger partial charge in [-0.15, -0.1) is 0 Å². The lowest BCUT2D eigenvalue weighted by Crippen LogP contribution is -2.40. The van der Waals surface area contributed by atoms with Crippen LogP contribution >= 0.6 is 23.1 Å². The largest absolute Gasteiger partial charge is 0.497 e. The topological polar surface area (TPSA) is 109 Å². The Morgan fingerprint density at radius 1 is 1.12 bits per heavy atom. The van der Waals surface area contributed by atoms with Crippen molar-refractivity contribution in [2.75, 3.05) is 13.7 Å². The van der Waals surface area contributed by atoms with Crippen LogP contribution in [0.25, 0.3) is 11.8 Å². The quantitative estimate of drug-likeness (QED) is 0.182. The SMILES string of the molecule is CCOC(=O)C1=C(c2ccccc2)N=c2s/c(=C/c3ccc(Sc4nccc(C)n4)o3)c(=O)n2[C@@H]1c1cccc(OC)c1. The summed E-state index contributed by atoms with van der Waals surface area (Å²) in [5, 5.41) is 1.16. The van der Waals surface area contributed by atoms with Gasteiger partial charge in [-0.2, -0.15) is 0 Å². The molecule has 43 heavy (non-hydrogen) atoms. The average molecular weight is 611 g/mol. The number of aryl methyl sites for hydroxylation is 1. The van der Waals surface area contributed by atoms with E-state index in [9.17, 15) is 9.59 Å². The minimum absolute atomic E-state index is 0.173. The predicted octanol–water partition coefficient (Wildman–Crippen LogP) is 4.79. The van der Waals surface area contributed by atoms with Crippen LogP contribution in [0.5, 0.6) is 5.75 Å². The van der Waals surface area contributed by atoms with E-state index in [0.717, 1.165) is 11.3 Å². The molecule has 0 amide bonds.